The minimum absolute atomic E-state index is 0.138. The smallest absolute Gasteiger partial charge is 0.270 e. The fraction of sp³-hybridized carbons (Fsp3) is 0.133. The molecule has 1 amide bonds. The lowest BCUT2D eigenvalue weighted by Gasteiger charge is -2.16. The molecular weight excluding hydrogens is 272 g/mol. The monoisotopic (exact) mass is 284 g/mol. The molecule has 0 radical (unpaired) electrons. The van der Waals surface area contributed by atoms with Crippen molar-refractivity contribution in [3.63, 3.8) is 0 Å². The highest BCUT2D eigenvalue weighted by molar-refractivity contribution is 6.09. The third-order valence-electron chi connectivity index (χ3n) is 3.41. The van der Waals surface area contributed by atoms with Crippen LogP contribution in [0, 0.1) is 17.0 Å². The number of amides is 1. The van der Waals surface area contributed by atoms with Crippen molar-refractivity contribution < 1.29 is 14.5 Å². The van der Waals surface area contributed by atoms with Crippen LogP contribution in [0.1, 0.15) is 15.9 Å². The number of carbonyl (C=O) groups excluding carboxylic acids is 1. The second kappa shape index (κ2) is 4.59. The van der Waals surface area contributed by atoms with E-state index >= 15 is 0 Å². The Balaban J connectivity index is 2.19. The van der Waals surface area contributed by atoms with Crippen LogP contribution < -0.4 is 9.64 Å². The molecule has 21 heavy (non-hydrogen) atoms. The SMILES string of the molecule is Cc1ccc2c(c1)Oc1ccc([N+](=O)[O-])cc1C(=O)N2C. The van der Waals surface area contributed by atoms with Gasteiger partial charge in [0.25, 0.3) is 11.6 Å². The Morgan fingerprint density at radius 3 is 2.62 bits per heavy atom. The number of hydrogen-bond acceptors (Lipinski definition) is 4. The van der Waals surface area contributed by atoms with E-state index in [1.165, 1.54) is 23.1 Å². The zero-order valence-electron chi connectivity index (χ0n) is 11.5. The van der Waals surface area contributed by atoms with Crippen molar-refractivity contribution >= 4 is 17.3 Å². The first-order chi connectivity index (χ1) is 9.97. The Bertz CT molecular complexity index is 770. The Hall–Kier alpha value is -2.89. The molecule has 3 rings (SSSR count). The van der Waals surface area contributed by atoms with E-state index in [9.17, 15) is 14.9 Å². The van der Waals surface area contributed by atoms with Crippen molar-refractivity contribution in [2.75, 3.05) is 11.9 Å². The third kappa shape index (κ3) is 2.10. The fourth-order valence-corrected chi connectivity index (χ4v) is 2.28. The van der Waals surface area contributed by atoms with Gasteiger partial charge < -0.3 is 9.64 Å². The van der Waals surface area contributed by atoms with Gasteiger partial charge in [-0.25, -0.2) is 0 Å². The first-order valence-electron chi connectivity index (χ1n) is 6.32. The van der Waals surface area contributed by atoms with Crippen molar-refractivity contribution in [2.45, 2.75) is 6.92 Å². The number of carbonyl (C=O) groups is 1. The number of non-ortho nitro benzene ring substituents is 1. The Morgan fingerprint density at radius 1 is 1.14 bits per heavy atom. The van der Waals surface area contributed by atoms with E-state index in [1.54, 1.807) is 13.1 Å². The van der Waals surface area contributed by atoms with E-state index in [1.807, 2.05) is 19.1 Å². The summed E-state index contributed by atoms with van der Waals surface area (Å²) in [5.74, 6) is 0.538. The lowest BCUT2D eigenvalue weighted by Crippen LogP contribution is -2.25. The highest BCUT2D eigenvalue weighted by Gasteiger charge is 2.27. The minimum Gasteiger partial charge on any atom is -0.454 e. The highest BCUT2D eigenvalue weighted by atomic mass is 16.6. The van der Waals surface area contributed by atoms with Crippen LogP contribution in [0.4, 0.5) is 11.4 Å². The Kier molecular flexibility index (Phi) is 2.86. The predicted molar refractivity (Wildman–Crippen MR) is 77.1 cm³/mol. The van der Waals surface area contributed by atoms with Crippen molar-refractivity contribution in [3.8, 4) is 11.5 Å². The summed E-state index contributed by atoms with van der Waals surface area (Å²) in [5.41, 5.74) is 1.67. The van der Waals surface area contributed by atoms with E-state index < -0.39 is 4.92 Å². The predicted octanol–water partition coefficient (Wildman–Crippen LogP) is 3.29. The van der Waals surface area contributed by atoms with Gasteiger partial charge >= 0.3 is 0 Å². The minimum atomic E-state index is -0.532. The van der Waals surface area contributed by atoms with Gasteiger partial charge in [-0.2, -0.15) is 0 Å². The molecule has 0 saturated heterocycles. The molecule has 2 aromatic carbocycles. The van der Waals surface area contributed by atoms with Crippen LogP contribution in [0.5, 0.6) is 11.5 Å². The Labute approximate surface area is 120 Å². The average Bonchev–Trinajstić information content (AvgIpc) is 2.55. The van der Waals surface area contributed by atoms with E-state index in [-0.39, 0.29) is 17.2 Å². The first-order valence-corrected chi connectivity index (χ1v) is 6.32. The molecule has 0 atom stereocenters. The Morgan fingerprint density at radius 2 is 1.90 bits per heavy atom. The molecule has 1 aliphatic heterocycles. The van der Waals surface area contributed by atoms with Crippen LogP contribution >= 0.6 is 0 Å². The maximum Gasteiger partial charge on any atom is 0.270 e. The molecule has 1 heterocycles. The van der Waals surface area contributed by atoms with Gasteiger partial charge in [-0.05, 0) is 30.7 Å². The van der Waals surface area contributed by atoms with Crippen LogP contribution in [0.15, 0.2) is 36.4 Å². The summed E-state index contributed by atoms with van der Waals surface area (Å²) in [6.07, 6.45) is 0. The van der Waals surface area contributed by atoms with Crippen LogP contribution in [0.25, 0.3) is 0 Å². The molecule has 6 heteroatoms. The summed E-state index contributed by atoms with van der Waals surface area (Å²) in [5, 5.41) is 10.9. The zero-order chi connectivity index (χ0) is 15.1. The van der Waals surface area contributed by atoms with E-state index in [4.69, 9.17) is 4.74 Å². The largest absolute Gasteiger partial charge is 0.454 e. The number of anilines is 1. The van der Waals surface area contributed by atoms with Gasteiger partial charge in [0.1, 0.15) is 5.75 Å². The maximum absolute atomic E-state index is 12.5. The normalized spacial score (nSPS) is 13.0. The molecule has 106 valence electrons. The standard InChI is InChI=1S/C15H12N2O4/c1-9-3-5-12-14(7-9)21-13-6-4-10(17(19)20)8-11(13)15(18)16(12)2/h3-8H,1-2H3. The molecule has 0 N–H and O–H groups in total. The van der Waals surface area contributed by atoms with Gasteiger partial charge in [-0.1, -0.05) is 6.07 Å². The molecule has 0 aliphatic carbocycles. The molecule has 2 aromatic rings. The quantitative estimate of drug-likeness (QED) is 0.595. The molecule has 0 fully saturated rings. The van der Waals surface area contributed by atoms with Crippen molar-refractivity contribution in [1.29, 1.82) is 0 Å². The number of nitrogens with zero attached hydrogens (tertiary/aromatic N) is 2. The number of fused-ring (bicyclic) bond motifs is 2. The number of rotatable bonds is 1. The lowest BCUT2D eigenvalue weighted by atomic mass is 10.1. The third-order valence-corrected chi connectivity index (χ3v) is 3.41. The number of aryl methyl sites for hydroxylation is 1. The highest BCUT2D eigenvalue weighted by Crippen LogP contribution is 2.39. The van der Waals surface area contributed by atoms with E-state index in [0.717, 1.165) is 5.56 Å². The van der Waals surface area contributed by atoms with Crippen molar-refractivity contribution in [3.05, 3.63) is 57.6 Å². The fourth-order valence-electron chi connectivity index (χ4n) is 2.28. The average molecular weight is 284 g/mol. The van der Waals surface area contributed by atoms with Gasteiger partial charge in [0.05, 0.1) is 16.2 Å². The van der Waals surface area contributed by atoms with Gasteiger partial charge in [0.15, 0.2) is 5.75 Å². The van der Waals surface area contributed by atoms with Crippen LogP contribution in [-0.2, 0) is 0 Å². The first kappa shape index (κ1) is 13.1. The van der Waals surface area contributed by atoms with Crippen molar-refractivity contribution in [2.24, 2.45) is 0 Å². The molecule has 6 nitrogen and oxygen atoms in total. The number of ether oxygens (including phenoxy) is 1. The number of nitro benzene ring substituents is 1. The number of hydrogen-bond donors (Lipinski definition) is 0. The van der Waals surface area contributed by atoms with Crippen LogP contribution in [0.3, 0.4) is 0 Å². The maximum atomic E-state index is 12.5. The van der Waals surface area contributed by atoms with E-state index in [0.29, 0.717) is 17.2 Å². The summed E-state index contributed by atoms with van der Waals surface area (Å²) >= 11 is 0. The number of benzene rings is 2. The molecule has 0 spiro atoms. The second-order valence-corrected chi connectivity index (χ2v) is 4.87. The summed E-state index contributed by atoms with van der Waals surface area (Å²) in [7, 11) is 1.62. The summed E-state index contributed by atoms with van der Waals surface area (Å²) in [6.45, 7) is 1.92. The molecule has 1 aliphatic rings. The van der Waals surface area contributed by atoms with Gasteiger partial charge in [0, 0.05) is 19.2 Å². The molecule has 0 aromatic heterocycles. The van der Waals surface area contributed by atoms with Gasteiger partial charge in [-0.15, -0.1) is 0 Å². The summed E-state index contributed by atoms with van der Waals surface area (Å²) in [6, 6.07) is 9.53. The van der Waals surface area contributed by atoms with Crippen LogP contribution in [-0.4, -0.2) is 17.9 Å². The van der Waals surface area contributed by atoms with Crippen LogP contribution in [0.2, 0.25) is 0 Å². The summed E-state index contributed by atoms with van der Waals surface area (Å²) < 4.78 is 5.77. The topological polar surface area (TPSA) is 72.7 Å². The molecule has 0 saturated carbocycles. The summed E-state index contributed by atoms with van der Waals surface area (Å²) in [4.78, 5) is 24.2. The van der Waals surface area contributed by atoms with Crippen molar-refractivity contribution in [1.82, 2.24) is 0 Å². The second-order valence-electron chi connectivity index (χ2n) is 4.87. The molecule has 0 unspecified atom stereocenters. The lowest BCUT2D eigenvalue weighted by molar-refractivity contribution is -0.384. The van der Waals surface area contributed by atoms with E-state index in [2.05, 4.69) is 0 Å². The number of nitro groups is 1. The van der Waals surface area contributed by atoms with Gasteiger partial charge in [-0.3, -0.25) is 14.9 Å². The molecular formula is C15H12N2O4. The van der Waals surface area contributed by atoms with Gasteiger partial charge in [0.2, 0.25) is 0 Å². The molecule has 0 bridgehead atoms. The zero-order valence-corrected chi connectivity index (χ0v) is 11.5.